The number of anilines is 1. The number of aromatic nitrogens is 1. The Labute approximate surface area is 197 Å². The van der Waals surface area contributed by atoms with Crippen LogP contribution in [0.5, 0.6) is 0 Å². The number of hydrogen-bond donors (Lipinski definition) is 2. The zero-order valence-corrected chi connectivity index (χ0v) is 18.9. The topological polar surface area (TPSA) is 72.4 Å². The van der Waals surface area contributed by atoms with Crippen LogP contribution in [0.25, 0.3) is 22.2 Å². The Morgan fingerprint density at radius 1 is 0.970 bits per heavy atom. The second-order valence-corrected chi connectivity index (χ2v) is 7.94. The highest BCUT2D eigenvalue weighted by atomic mass is 35.5. The Kier molecular flexibility index (Phi) is 7.07. The van der Waals surface area contributed by atoms with Crippen molar-refractivity contribution in [1.29, 1.82) is 0 Å². The molecule has 0 atom stereocenters. The summed E-state index contributed by atoms with van der Waals surface area (Å²) in [5.74, 6) is -0.483. The van der Waals surface area contributed by atoms with E-state index in [1.807, 2.05) is 59.2 Å². The quantitative estimate of drug-likeness (QED) is 0.363. The van der Waals surface area contributed by atoms with Gasteiger partial charge in [0.05, 0.1) is 17.2 Å². The number of nitrogens with one attached hydrogen (secondary N) is 2. The summed E-state index contributed by atoms with van der Waals surface area (Å²) in [7, 11) is 1.57. The van der Waals surface area contributed by atoms with Gasteiger partial charge in [-0.3, -0.25) is 9.59 Å². The molecule has 0 aliphatic rings. The summed E-state index contributed by atoms with van der Waals surface area (Å²) in [6.45, 7) is 0.934. The van der Waals surface area contributed by atoms with Crippen LogP contribution < -0.4 is 10.6 Å². The number of para-hydroxylation sites is 1. The van der Waals surface area contributed by atoms with E-state index in [1.165, 1.54) is 0 Å². The lowest BCUT2D eigenvalue weighted by Gasteiger charge is -2.13. The molecule has 0 radical (unpaired) electrons. The molecule has 168 valence electrons. The number of halogens is 1. The highest BCUT2D eigenvalue weighted by molar-refractivity contribution is 6.34. The van der Waals surface area contributed by atoms with Gasteiger partial charge in [0.1, 0.15) is 6.54 Å². The molecular formula is C26H24ClN3O3. The molecule has 0 aliphatic heterocycles. The third kappa shape index (κ3) is 5.25. The van der Waals surface area contributed by atoms with E-state index in [4.69, 9.17) is 16.3 Å². The van der Waals surface area contributed by atoms with Gasteiger partial charge in [-0.25, -0.2) is 0 Å². The predicted molar refractivity (Wildman–Crippen MR) is 132 cm³/mol. The van der Waals surface area contributed by atoms with E-state index < -0.39 is 0 Å². The average Bonchev–Trinajstić information content (AvgIpc) is 3.18. The van der Waals surface area contributed by atoms with Crippen molar-refractivity contribution in [3.05, 3.63) is 89.4 Å². The number of fused-ring (bicyclic) bond motifs is 1. The van der Waals surface area contributed by atoms with Crippen LogP contribution in [-0.2, 0) is 16.1 Å². The number of benzene rings is 3. The maximum Gasteiger partial charge on any atom is 0.252 e. The first-order chi connectivity index (χ1) is 16.1. The van der Waals surface area contributed by atoms with E-state index in [2.05, 4.69) is 16.7 Å². The van der Waals surface area contributed by atoms with Crippen LogP contribution in [0.4, 0.5) is 5.69 Å². The molecule has 6 nitrogen and oxygen atoms in total. The van der Waals surface area contributed by atoms with Crippen molar-refractivity contribution in [2.24, 2.45) is 0 Å². The molecule has 0 aliphatic carbocycles. The second-order valence-electron chi connectivity index (χ2n) is 7.53. The van der Waals surface area contributed by atoms with Gasteiger partial charge in [0.2, 0.25) is 5.91 Å². The van der Waals surface area contributed by atoms with E-state index >= 15 is 0 Å². The molecule has 2 N–H and O–H groups in total. The second kappa shape index (κ2) is 10.3. The summed E-state index contributed by atoms with van der Waals surface area (Å²) < 4.78 is 6.93. The van der Waals surface area contributed by atoms with Crippen molar-refractivity contribution in [1.82, 2.24) is 9.88 Å². The molecule has 4 aromatic rings. The normalized spacial score (nSPS) is 10.8. The fourth-order valence-corrected chi connectivity index (χ4v) is 3.98. The van der Waals surface area contributed by atoms with Crippen molar-refractivity contribution in [2.75, 3.05) is 25.6 Å². The van der Waals surface area contributed by atoms with Gasteiger partial charge in [0.15, 0.2) is 0 Å². The van der Waals surface area contributed by atoms with Crippen LogP contribution in [0, 0.1) is 0 Å². The SMILES string of the molecule is COCCNC(=O)c1ccc(NC(=O)Cn2c(-c3ccccc3)cc3ccccc32)cc1Cl. The number of amides is 2. The summed E-state index contributed by atoms with van der Waals surface area (Å²) in [5, 5.41) is 6.95. The van der Waals surface area contributed by atoms with Crippen molar-refractivity contribution < 1.29 is 14.3 Å². The molecule has 0 spiro atoms. The van der Waals surface area contributed by atoms with Crippen LogP contribution in [0.3, 0.4) is 0 Å². The molecule has 0 bridgehead atoms. The Hall–Kier alpha value is -3.61. The summed E-state index contributed by atoms with van der Waals surface area (Å²) in [6.07, 6.45) is 0. The van der Waals surface area contributed by atoms with Gasteiger partial charge in [-0.15, -0.1) is 0 Å². The van der Waals surface area contributed by atoms with Gasteiger partial charge in [-0.2, -0.15) is 0 Å². The van der Waals surface area contributed by atoms with Crippen LogP contribution in [0.2, 0.25) is 5.02 Å². The monoisotopic (exact) mass is 461 g/mol. The molecule has 0 fully saturated rings. The maximum atomic E-state index is 12.9. The first-order valence-corrected chi connectivity index (χ1v) is 10.9. The number of ether oxygens (including phenoxy) is 1. The minimum Gasteiger partial charge on any atom is -0.383 e. The number of methoxy groups -OCH3 is 1. The maximum absolute atomic E-state index is 12.9. The first kappa shape index (κ1) is 22.6. The molecule has 0 saturated heterocycles. The zero-order chi connectivity index (χ0) is 23.2. The van der Waals surface area contributed by atoms with E-state index in [9.17, 15) is 9.59 Å². The molecule has 1 heterocycles. The number of hydrogen-bond acceptors (Lipinski definition) is 3. The van der Waals surface area contributed by atoms with E-state index in [1.54, 1.807) is 25.3 Å². The molecule has 4 rings (SSSR count). The molecule has 3 aromatic carbocycles. The van der Waals surface area contributed by atoms with Gasteiger partial charge < -0.3 is 19.9 Å². The molecule has 1 aromatic heterocycles. The standard InChI is InChI=1S/C26H24ClN3O3/c1-33-14-13-28-26(32)21-12-11-20(16-22(21)27)29-25(31)17-30-23-10-6-5-9-19(23)15-24(30)18-7-3-2-4-8-18/h2-12,15-16H,13-14,17H2,1H3,(H,28,32)(H,29,31). The van der Waals surface area contributed by atoms with E-state index in [-0.39, 0.29) is 23.4 Å². The fourth-order valence-electron chi connectivity index (χ4n) is 3.71. The van der Waals surface area contributed by atoms with Gasteiger partial charge >= 0.3 is 0 Å². The Morgan fingerprint density at radius 3 is 2.48 bits per heavy atom. The number of nitrogens with zero attached hydrogens (tertiary/aromatic N) is 1. The van der Waals surface area contributed by atoms with Crippen LogP contribution in [0.15, 0.2) is 78.9 Å². The van der Waals surface area contributed by atoms with E-state index in [0.29, 0.717) is 24.4 Å². The third-order valence-corrected chi connectivity index (χ3v) is 5.58. The van der Waals surface area contributed by atoms with Crippen LogP contribution in [-0.4, -0.2) is 36.6 Å². The number of carbonyl (C=O) groups is 2. The van der Waals surface area contributed by atoms with Crippen molar-refractivity contribution >= 4 is 40.0 Å². The largest absolute Gasteiger partial charge is 0.383 e. The minimum atomic E-state index is -0.291. The van der Waals surface area contributed by atoms with Gasteiger partial charge in [-0.1, -0.05) is 60.1 Å². The van der Waals surface area contributed by atoms with Gasteiger partial charge in [0, 0.05) is 35.9 Å². The lowest BCUT2D eigenvalue weighted by atomic mass is 10.1. The van der Waals surface area contributed by atoms with Gasteiger partial charge in [0.25, 0.3) is 5.91 Å². The molecule has 7 heteroatoms. The molecule has 2 amide bonds. The van der Waals surface area contributed by atoms with E-state index in [0.717, 1.165) is 22.2 Å². The first-order valence-electron chi connectivity index (χ1n) is 10.6. The van der Waals surface area contributed by atoms with Crippen LogP contribution >= 0.6 is 11.6 Å². The van der Waals surface area contributed by atoms with Crippen LogP contribution in [0.1, 0.15) is 10.4 Å². The average molecular weight is 462 g/mol. The number of rotatable bonds is 8. The summed E-state index contributed by atoms with van der Waals surface area (Å²) in [4.78, 5) is 25.2. The lowest BCUT2D eigenvalue weighted by Crippen LogP contribution is -2.27. The summed E-state index contributed by atoms with van der Waals surface area (Å²) in [6, 6.07) is 24.9. The molecular weight excluding hydrogens is 438 g/mol. The molecule has 33 heavy (non-hydrogen) atoms. The van der Waals surface area contributed by atoms with Gasteiger partial charge in [-0.05, 0) is 35.9 Å². The summed E-state index contributed by atoms with van der Waals surface area (Å²) >= 11 is 6.30. The van der Waals surface area contributed by atoms with Crippen molar-refractivity contribution in [3.8, 4) is 11.3 Å². The Bertz CT molecular complexity index is 1280. The lowest BCUT2D eigenvalue weighted by molar-refractivity contribution is -0.116. The molecule has 0 unspecified atom stereocenters. The Morgan fingerprint density at radius 2 is 1.73 bits per heavy atom. The highest BCUT2D eigenvalue weighted by Crippen LogP contribution is 2.28. The van der Waals surface area contributed by atoms with Crippen molar-refractivity contribution in [3.63, 3.8) is 0 Å². The smallest absolute Gasteiger partial charge is 0.252 e. The predicted octanol–water partition coefficient (Wildman–Crippen LogP) is 4.98. The highest BCUT2D eigenvalue weighted by Gasteiger charge is 2.15. The van der Waals surface area contributed by atoms with Crippen molar-refractivity contribution in [2.45, 2.75) is 6.54 Å². The zero-order valence-electron chi connectivity index (χ0n) is 18.2. The third-order valence-electron chi connectivity index (χ3n) is 5.27. The minimum absolute atomic E-state index is 0.134. The summed E-state index contributed by atoms with van der Waals surface area (Å²) in [5.41, 5.74) is 3.85. The fraction of sp³-hybridized carbons (Fsp3) is 0.154. The number of carbonyl (C=O) groups excluding carboxylic acids is 2. The molecule has 0 saturated carbocycles. The Balaban J connectivity index is 1.53.